The molecule has 0 amide bonds. The first-order chi connectivity index (χ1) is 9.92. The van der Waals surface area contributed by atoms with Gasteiger partial charge in [-0.25, -0.2) is 0 Å². The van der Waals surface area contributed by atoms with Gasteiger partial charge < -0.3 is 14.8 Å². The third kappa shape index (κ3) is 4.15. The van der Waals surface area contributed by atoms with Gasteiger partial charge in [0.05, 0.1) is 25.9 Å². The van der Waals surface area contributed by atoms with E-state index in [0.29, 0.717) is 6.10 Å². The predicted octanol–water partition coefficient (Wildman–Crippen LogP) is 0.162. The summed E-state index contributed by atoms with van der Waals surface area (Å²) in [5, 5.41) is 3.38. The molecule has 20 heavy (non-hydrogen) atoms. The average molecular weight is 283 g/mol. The maximum absolute atomic E-state index is 6.01. The number of likely N-dealkylation sites (tertiary alicyclic amines) is 1. The molecular formula is C15H29N3O2. The zero-order valence-electron chi connectivity index (χ0n) is 12.6. The maximum atomic E-state index is 6.01. The summed E-state index contributed by atoms with van der Waals surface area (Å²) >= 11 is 0. The highest BCUT2D eigenvalue weighted by Gasteiger charge is 2.28. The van der Waals surface area contributed by atoms with Crippen LogP contribution in [0.5, 0.6) is 0 Å². The Hall–Kier alpha value is -0.200. The van der Waals surface area contributed by atoms with E-state index >= 15 is 0 Å². The molecule has 3 heterocycles. The minimum absolute atomic E-state index is 0.494. The third-order valence-electron chi connectivity index (χ3n) is 4.86. The van der Waals surface area contributed by atoms with Crippen LogP contribution in [0.15, 0.2) is 0 Å². The number of piperidine rings is 1. The van der Waals surface area contributed by atoms with Crippen molar-refractivity contribution in [2.24, 2.45) is 0 Å². The summed E-state index contributed by atoms with van der Waals surface area (Å²) in [7, 11) is 0. The molecule has 1 N–H and O–H groups in total. The quantitative estimate of drug-likeness (QED) is 0.778. The summed E-state index contributed by atoms with van der Waals surface area (Å²) < 4.78 is 11.4. The van der Waals surface area contributed by atoms with Crippen LogP contribution in [-0.2, 0) is 9.47 Å². The first-order valence-corrected chi connectivity index (χ1v) is 8.28. The molecule has 5 heteroatoms. The van der Waals surface area contributed by atoms with Crippen LogP contribution < -0.4 is 5.32 Å². The SMILES string of the molecule is C1CC(OCCN2CCC(N3CCOCC3)C2)CCN1. The van der Waals surface area contributed by atoms with E-state index in [9.17, 15) is 0 Å². The smallest absolute Gasteiger partial charge is 0.0600 e. The highest BCUT2D eigenvalue weighted by atomic mass is 16.5. The van der Waals surface area contributed by atoms with Gasteiger partial charge >= 0.3 is 0 Å². The van der Waals surface area contributed by atoms with Gasteiger partial charge in [0.15, 0.2) is 0 Å². The Morgan fingerprint density at radius 1 is 1.05 bits per heavy atom. The Labute approximate surface area is 122 Å². The zero-order valence-corrected chi connectivity index (χ0v) is 12.6. The lowest BCUT2D eigenvalue weighted by molar-refractivity contribution is 0.0123. The fraction of sp³-hybridized carbons (Fsp3) is 1.00. The van der Waals surface area contributed by atoms with Crippen LogP contribution in [0.1, 0.15) is 19.3 Å². The van der Waals surface area contributed by atoms with Crippen LogP contribution in [-0.4, -0.2) is 87.6 Å². The second-order valence-corrected chi connectivity index (χ2v) is 6.21. The Balaban J connectivity index is 1.31. The van der Waals surface area contributed by atoms with E-state index in [1.54, 1.807) is 0 Å². The number of morpholine rings is 1. The molecule has 116 valence electrons. The largest absolute Gasteiger partial charge is 0.379 e. The fourth-order valence-corrected chi connectivity index (χ4v) is 3.57. The molecule has 0 aromatic heterocycles. The molecule has 5 nitrogen and oxygen atoms in total. The van der Waals surface area contributed by atoms with Gasteiger partial charge in [0.25, 0.3) is 0 Å². The van der Waals surface area contributed by atoms with Crippen molar-refractivity contribution in [2.45, 2.75) is 31.4 Å². The lowest BCUT2D eigenvalue weighted by Crippen LogP contribution is -2.45. The van der Waals surface area contributed by atoms with Gasteiger partial charge in [0, 0.05) is 32.2 Å². The number of hydrogen-bond donors (Lipinski definition) is 1. The van der Waals surface area contributed by atoms with Crippen molar-refractivity contribution in [3.63, 3.8) is 0 Å². The molecule has 0 bridgehead atoms. The van der Waals surface area contributed by atoms with Crippen LogP contribution in [0.3, 0.4) is 0 Å². The maximum Gasteiger partial charge on any atom is 0.0600 e. The Morgan fingerprint density at radius 2 is 1.85 bits per heavy atom. The van der Waals surface area contributed by atoms with Crippen molar-refractivity contribution in [2.75, 3.05) is 65.6 Å². The Bertz CT molecular complexity index is 278. The second kappa shape index (κ2) is 7.71. The van der Waals surface area contributed by atoms with Crippen molar-refractivity contribution >= 4 is 0 Å². The molecule has 3 fully saturated rings. The van der Waals surface area contributed by atoms with Crippen molar-refractivity contribution in [1.29, 1.82) is 0 Å². The van der Waals surface area contributed by atoms with E-state index in [1.165, 1.54) is 32.4 Å². The van der Waals surface area contributed by atoms with E-state index < -0.39 is 0 Å². The van der Waals surface area contributed by atoms with Gasteiger partial charge in [-0.2, -0.15) is 0 Å². The van der Waals surface area contributed by atoms with Gasteiger partial charge in [-0.1, -0.05) is 0 Å². The molecule has 0 aliphatic carbocycles. The summed E-state index contributed by atoms with van der Waals surface area (Å²) in [6.07, 6.45) is 4.16. The number of ether oxygens (including phenoxy) is 2. The number of hydrogen-bond acceptors (Lipinski definition) is 5. The molecule has 1 atom stereocenters. The van der Waals surface area contributed by atoms with Crippen molar-refractivity contribution in [1.82, 2.24) is 15.1 Å². The summed E-state index contributed by atoms with van der Waals surface area (Å²) in [5.41, 5.74) is 0. The molecule has 3 saturated heterocycles. The molecule has 0 spiro atoms. The molecule has 3 aliphatic heterocycles. The van der Waals surface area contributed by atoms with Crippen LogP contribution >= 0.6 is 0 Å². The highest BCUT2D eigenvalue weighted by molar-refractivity contribution is 4.84. The fourth-order valence-electron chi connectivity index (χ4n) is 3.57. The average Bonchev–Trinajstić information content (AvgIpc) is 2.98. The number of rotatable bonds is 5. The summed E-state index contributed by atoms with van der Waals surface area (Å²) in [5.74, 6) is 0. The Kier molecular flexibility index (Phi) is 5.67. The minimum atomic E-state index is 0.494. The van der Waals surface area contributed by atoms with E-state index in [4.69, 9.17) is 9.47 Å². The number of nitrogens with one attached hydrogen (secondary N) is 1. The predicted molar refractivity (Wildman–Crippen MR) is 79.1 cm³/mol. The van der Waals surface area contributed by atoms with Gasteiger partial charge in [-0.05, 0) is 38.9 Å². The van der Waals surface area contributed by atoms with Crippen molar-refractivity contribution in [3.05, 3.63) is 0 Å². The van der Waals surface area contributed by atoms with E-state index in [2.05, 4.69) is 15.1 Å². The summed E-state index contributed by atoms with van der Waals surface area (Å²) in [6.45, 7) is 10.7. The Morgan fingerprint density at radius 3 is 2.65 bits per heavy atom. The normalized spacial score (nSPS) is 30.9. The standard InChI is InChI=1S/C15H29N3O2/c1-4-16-5-2-15(1)20-12-7-17-6-3-14(13-17)18-8-10-19-11-9-18/h14-16H,1-13H2. The molecule has 0 aromatic carbocycles. The lowest BCUT2D eigenvalue weighted by Gasteiger charge is -2.32. The summed E-state index contributed by atoms with van der Waals surface area (Å²) in [6, 6.07) is 0.748. The lowest BCUT2D eigenvalue weighted by atomic mass is 10.1. The van der Waals surface area contributed by atoms with Gasteiger partial charge in [0.2, 0.25) is 0 Å². The molecule has 1 unspecified atom stereocenters. The zero-order chi connectivity index (χ0) is 13.6. The molecule has 3 rings (SSSR count). The number of nitrogens with zero attached hydrogens (tertiary/aromatic N) is 2. The third-order valence-corrected chi connectivity index (χ3v) is 4.86. The van der Waals surface area contributed by atoms with Crippen LogP contribution in [0.4, 0.5) is 0 Å². The van der Waals surface area contributed by atoms with E-state index in [0.717, 1.165) is 58.6 Å². The first-order valence-electron chi connectivity index (χ1n) is 8.28. The molecule has 3 aliphatic rings. The van der Waals surface area contributed by atoms with Gasteiger partial charge in [0.1, 0.15) is 0 Å². The van der Waals surface area contributed by atoms with Crippen LogP contribution in [0.25, 0.3) is 0 Å². The topological polar surface area (TPSA) is 37.0 Å². The highest BCUT2D eigenvalue weighted by Crippen LogP contribution is 2.17. The van der Waals surface area contributed by atoms with E-state index in [-0.39, 0.29) is 0 Å². The molecule has 0 saturated carbocycles. The summed E-state index contributed by atoms with van der Waals surface area (Å²) in [4.78, 5) is 5.18. The van der Waals surface area contributed by atoms with Crippen LogP contribution in [0.2, 0.25) is 0 Å². The van der Waals surface area contributed by atoms with E-state index in [1.807, 2.05) is 0 Å². The second-order valence-electron chi connectivity index (χ2n) is 6.21. The van der Waals surface area contributed by atoms with Crippen molar-refractivity contribution < 1.29 is 9.47 Å². The van der Waals surface area contributed by atoms with Crippen molar-refractivity contribution in [3.8, 4) is 0 Å². The minimum Gasteiger partial charge on any atom is -0.379 e. The molecule has 0 radical (unpaired) electrons. The monoisotopic (exact) mass is 283 g/mol. The first kappa shape index (κ1) is 14.7. The van der Waals surface area contributed by atoms with Gasteiger partial charge in [-0.15, -0.1) is 0 Å². The molecular weight excluding hydrogens is 254 g/mol. The van der Waals surface area contributed by atoms with Gasteiger partial charge in [-0.3, -0.25) is 9.80 Å². The molecule has 0 aromatic rings. The van der Waals surface area contributed by atoms with Crippen LogP contribution in [0, 0.1) is 0 Å².